The average Bonchev–Trinajstić information content (AvgIpc) is 2.74. The van der Waals surface area contributed by atoms with Crippen LogP contribution in [0.4, 0.5) is 0 Å². The Morgan fingerprint density at radius 2 is 1.86 bits per heavy atom. The van der Waals surface area contributed by atoms with Crippen molar-refractivity contribution in [3.63, 3.8) is 0 Å². The lowest BCUT2D eigenvalue weighted by atomic mass is 10.1. The summed E-state index contributed by atoms with van der Waals surface area (Å²) in [6, 6.07) is 9.32. The van der Waals surface area contributed by atoms with E-state index in [9.17, 15) is 0 Å². The lowest BCUT2D eigenvalue weighted by molar-refractivity contribution is 0.289. The van der Waals surface area contributed by atoms with Gasteiger partial charge in [0.05, 0.1) is 0 Å². The van der Waals surface area contributed by atoms with E-state index < -0.39 is 0 Å². The summed E-state index contributed by atoms with van der Waals surface area (Å²) in [6.07, 6.45) is 0. The second-order valence-corrected chi connectivity index (χ2v) is 7.76. The van der Waals surface area contributed by atoms with Crippen LogP contribution in [0.1, 0.15) is 38.1 Å². The molecule has 1 aromatic heterocycles. The van der Waals surface area contributed by atoms with Crippen LogP contribution < -0.4 is 5.32 Å². The Kier molecular flexibility index (Phi) is 5.80. The van der Waals surface area contributed by atoms with Gasteiger partial charge in [0.1, 0.15) is 0 Å². The van der Waals surface area contributed by atoms with E-state index in [1.165, 1.54) is 20.5 Å². The Labute approximate surface area is 133 Å². The highest BCUT2D eigenvalue weighted by Crippen LogP contribution is 2.32. The molecule has 0 bridgehead atoms. The zero-order valence-electron chi connectivity index (χ0n) is 13.9. The first-order valence-corrected chi connectivity index (χ1v) is 8.70. The minimum atomic E-state index is 0.524. The molecule has 0 saturated carbocycles. The topological polar surface area (TPSA) is 15.3 Å². The Hall–Kier alpha value is -0.900. The summed E-state index contributed by atoms with van der Waals surface area (Å²) < 4.78 is 1.41. The second kappa shape index (κ2) is 7.39. The monoisotopic (exact) mass is 304 g/mol. The van der Waals surface area contributed by atoms with Crippen LogP contribution >= 0.6 is 11.3 Å². The predicted molar refractivity (Wildman–Crippen MR) is 95.0 cm³/mol. The zero-order valence-corrected chi connectivity index (χ0v) is 14.8. The standard InChI is InChI=1S/C18H28N2S/c1-13(2)11-20(5)12-16-15-8-6-7-9-17(15)21-18(16)10-19-14(3)4/h6-9,13-14,19H,10-12H2,1-5H3. The van der Waals surface area contributed by atoms with Gasteiger partial charge in [-0.3, -0.25) is 0 Å². The first-order valence-electron chi connectivity index (χ1n) is 7.88. The lowest BCUT2D eigenvalue weighted by Gasteiger charge is -2.20. The summed E-state index contributed by atoms with van der Waals surface area (Å²) in [5, 5.41) is 5.00. The van der Waals surface area contributed by atoms with Gasteiger partial charge in [0, 0.05) is 35.3 Å². The van der Waals surface area contributed by atoms with Crippen LogP contribution in [0, 0.1) is 5.92 Å². The van der Waals surface area contributed by atoms with Crippen LogP contribution in [-0.2, 0) is 13.1 Å². The van der Waals surface area contributed by atoms with E-state index in [0.717, 1.165) is 19.6 Å². The van der Waals surface area contributed by atoms with Crippen molar-refractivity contribution in [2.45, 2.75) is 46.8 Å². The molecule has 0 amide bonds. The lowest BCUT2D eigenvalue weighted by Crippen LogP contribution is -2.25. The van der Waals surface area contributed by atoms with E-state index in [2.05, 4.69) is 69.2 Å². The smallest absolute Gasteiger partial charge is 0.0349 e. The van der Waals surface area contributed by atoms with Crippen molar-refractivity contribution in [2.75, 3.05) is 13.6 Å². The first-order chi connectivity index (χ1) is 9.97. The van der Waals surface area contributed by atoms with Gasteiger partial charge in [0.15, 0.2) is 0 Å². The number of benzene rings is 1. The molecule has 1 N–H and O–H groups in total. The third kappa shape index (κ3) is 4.53. The molecule has 2 aromatic rings. The highest BCUT2D eigenvalue weighted by atomic mass is 32.1. The molecule has 2 rings (SSSR count). The van der Waals surface area contributed by atoms with Crippen LogP contribution in [0.3, 0.4) is 0 Å². The SMILES string of the molecule is CC(C)CN(C)Cc1c(CNC(C)C)sc2ccccc12. The molecule has 3 heteroatoms. The van der Waals surface area contributed by atoms with Crippen LogP contribution in [0.5, 0.6) is 0 Å². The summed E-state index contributed by atoms with van der Waals surface area (Å²) in [7, 11) is 2.23. The summed E-state index contributed by atoms with van der Waals surface area (Å²) in [5.74, 6) is 0.706. The van der Waals surface area contributed by atoms with Crippen molar-refractivity contribution in [1.29, 1.82) is 0 Å². The molecule has 1 aromatic carbocycles. The predicted octanol–water partition coefficient (Wildman–Crippen LogP) is 4.49. The number of nitrogens with zero attached hydrogens (tertiary/aromatic N) is 1. The van der Waals surface area contributed by atoms with Crippen molar-refractivity contribution >= 4 is 21.4 Å². The number of hydrogen-bond acceptors (Lipinski definition) is 3. The van der Waals surface area contributed by atoms with Gasteiger partial charge in [0.2, 0.25) is 0 Å². The van der Waals surface area contributed by atoms with Crippen molar-refractivity contribution in [1.82, 2.24) is 10.2 Å². The molecule has 0 radical (unpaired) electrons. The van der Waals surface area contributed by atoms with Gasteiger partial charge in [-0.1, -0.05) is 45.9 Å². The fourth-order valence-corrected chi connectivity index (χ4v) is 3.89. The fourth-order valence-electron chi connectivity index (χ4n) is 2.72. The maximum Gasteiger partial charge on any atom is 0.0349 e. The molecule has 0 unspecified atom stereocenters. The van der Waals surface area contributed by atoms with Gasteiger partial charge in [-0.25, -0.2) is 0 Å². The van der Waals surface area contributed by atoms with Crippen LogP contribution in [0.25, 0.3) is 10.1 Å². The minimum absolute atomic E-state index is 0.524. The third-order valence-corrected chi connectivity index (χ3v) is 4.77. The van der Waals surface area contributed by atoms with E-state index in [1.54, 1.807) is 0 Å². The highest BCUT2D eigenvalue weighted by molar-refractivity contribution is 7.19. The first kappa shape index (κ1) is 16.5. The quantitative estimate of drug-likeness (QED) is 0.811. The largest absolute Gasteiger partial charge is 0.310 e. The van der Waals surface area contributed by atoms with Crippen molar-refractivity contribution in [2.24, 2.45) is 5.92 Å². The Morgan fingerprint density at radius 3 is 2.52 bits per heavy atom. The molecule has 1 heterocycles. The Balaban J connectivity index is 2.26. The van der Waals surface area contributed by atoms with E-state index in [4.69, 9.17) is 0 Å². The van der Waals surface area contributed by atoms with Crippen LogP contribution in [0.2, 0.25) is 0 Å². The van der Waals surface area contributed by atoms with E-state index >= 15 is 0 Å². The zero-order chi connectivity index (χ0) is 15.4. The molecule has 0 aliphatic heterocycles. The number of hydrogen-bond donors (Lipinski definition) is 1. The molecular formula is C18H28N2S. The molecule has 0 aliphatic rings. The molecule has 21 heavy (non-hydrogen) atoms. The van der Waals surface area contributed by atoms with Gasteiger partial charge >= 0.3 is 0 Å². The van der Waals surface area contributed by atoms with Crippen molar-refractivity contribution < 1.29 is 0 Å². The second-order valence-electron chi connectivity index (χ2n) is 6.63. The van der Waals surface area contributed by atoms with E-state index in [-0.39, 0.29) is 0 Å². The van der Waals surface area contributed by atoms with E-state index in [0.29, 0.717) is 12.0 Å². The maximum atomic E-state index is 3.57. The number of fused-ring (bicyclic) bond motifs is 1. The van der Waals surface area contributed by atoms with Crippen molar-refractivity contribution in [3.05, 3.63) is 34.7 Å². The Bertz CT molecular complexity index is 572. The van der Waals surface area contributed by atoms with E-state index in [1.807, 2.05) is 11.3 Å². The summed E-state index contributed by atoms with van der Waals surface area (Å²) in [4.78, 5) is 3.93. The molecule has 0 fully saturated rings. The number of thiophene rings is 1. The molecule has 0 saturated heterocycles. The normalized spacial score (nSPS) is 12.2. The van der Waals surface area contributed by atoms with Gasteiger partial charge in [-0.15, -0.1) is 11.3 Å². The maximum absolute atomic E-state index is 3.57. The van der Waals surface area contributed by atoms with Gasteiger partial charge in [-0.2, -0.15) is 0 Å². The average molecular weight is 305 g/mol. The molecular weight excluding hydrogens is 276 g/mol. The Morgan fingerprint density at radius 1 is 1.14 bits per heavy atom. The molecule has 0 spiro atoms. The highest BCUT2D eigenvalue weighted by Gasteiger charge is 2.14. The van der Waals surface area contributed by atoms with Gasteiger partial charge in [0.25, 0.3) is 0 Å². The van der Waals surface area contributed by atoms with Gasteiger partial charge < -0.3 is 10.2 Å². The van der Waals surface area contributed by atoms with Crippen molar-refractivity contribution in [3.8, 4) is 0 Å². The van der Waals surface area contributed by atoms with Crippen LogP contribution in [-0.4, -0.2) is 24.5 Å². The molecule has 116 valence electrons. The van der Waals surface area contributed by atoms with Crippen LogP contribution in [0.15, 0.2) is 24.3 Å². The summed E-state index contributed by atoms with van der Waals surface area (Å²) in [5.41, 5.74) is 1.51. The molecule has 0 aliphatic carbocycles. The minimum Gasteiger partial charge on any atom is -0.310 e. The summed E-state index contributed by atoms with van der Waals surface area (Å²) in [6.45, 7) is 12.1. The number of rotatable bonds is 7. The van der Waals surface area contributed by atoms with Gasteiger partial charge in [-0.05, 0) is 30.0 Å². The molecule has 2 nitrogen and oxygen atoms in total. The fraction of sp³-hybridized carbons (Fsp3) is 0.556. The number of nitrogens with one attached hydrogen (secondary N) is 1. The third-order valence-electron chi connectivity index (χ3n) is 3.56. The molecule has 0 atom stereocenters. The summed E-state index contributed by atoms with van der Waals surface area (Å²) >= 11 is 1.94.